The lowest BCUT2D eigenvalue weighted by molar-refractivity contribution is -1.01. The highest BCUT2D eigenvalue weighted by Crippen LogP contribution is 2.48. The largest absolute Gasteiger partial charge is 0.864 e. The van der Waals surface area contributed by atoms with Gasteiger partial charge in [0, 0.05) is 36.8 Å². The van der Waals surface area contributed by atoms with Crippen molar-refractivity contribution in [3.8, 4) is 17.2 Å². The summed E-state index contributed by atoms with van der Waals surface area (Å²) >= 11 is 0. The number of halogens is 9. The third-order valence-corrected chi connectivity index (χ3v) is 11.6. The quantitative estimate of drug-likeness (QED) is 0.0156. The summed E-state index contributed by atoms with van der Waals surface area (Å²) in [6.07, 6.45) is 17.2. The van der Waals surface area contributed by atoms with E-state index in [1.807, 2.05) is 0 Å². The van der Waals surface area contributed by atoms with Gasteiger partial charge in [-0.25, -0.2) is 39.5 Å². The highest BCUT2D eigenvalue weighted by molar-refractivity contribution is 6.39. The van der Waals surface area contributed by atoms with Gasteiger partial charge in [-0.15, -0.1) is 0 Å². The summed E-state index contributed by atoms with van der Waals surface area (Å²) in [4.78, 5) is 0. The Kier molecular flexibility index (Phi) is 22.9. The molecule has 1 atom stereocenters. The van der Waals surface area contributed by atoms with Crippen LogP contribution in [-0.2, 0) is 10.5 Å². The van der Waals surface area contributed by atoms with Crippen molar-refractivity contribution in [2.75, 3.05) is 26.2 Å². The van der Waals surface area contributed by atoms with Crippen molar-refractivity contribution in [3.63, 3.8) is 0 Å². The Morgan fingerprint density at radius 2 is 0.790 bits per heavy atom. The predicted octanol–water partition coefficient (Wildman–Crippen LogP) is 15.0. The van der Waals surface area contributed by atoms with Crippen molar-refractivity contribution in [2.24, 2.45) is 0 Å². The Morgan fingerprint density at radius 1 is 0.435 bits per heavy atom. The lowest BCUT2D eigenvalue weighted by Gasteiger charge is -2.53. The molecule has 1 unspecified atom stereocenters. The first-order valence-corrected chi connectivity index (χ1v) is 22.7. The molecule has 0 bridgehead atoms. The van der Waals surface area contributed by atoms with Gasteiger partial charge in [0.2, 0.25) is 5.72 Å². The summed E-state index contributed by atoms with van der Waals surface area (Å²) in [7, 11) is -2.40. The van der Waals surface area contributed by atoms with E-state index in [2.05, 4.69) is 20.8 Å². The first-order chi connectivity index (χ1) is 29.7. The van der Waals surface area contributed by atoms with E-state index in [9.17, 15) is 26.3 Å². The first-order valence-electron chi connectivity index (χ1n) is 22.7. The van der Waals surface area contributed by atoms with Crippen LogP contribution in [0.1, 0.15) is 162 Å². The second-order valence-corrected chi connectivity index (χ2v) is 16.1. The number of unbranched alkanes of at least 4 members (excludes halogenated alkanes) is 15. The lowest BCUT2D eigenvalue weighted by Crippen LogP contribution is -2.65. The molecule has 0 N–H and O–H groups in total. The third-order valence-electron chi connectivity index (χ3n) is 11.6. The highest BCUT2D eigenvalue weighted by atomic mass is 19.2. The van der Waals surface area contributed by atoms with Crippen LogP contribution in [0.2, 0.25) is 0 Å². The normalized spacial score (nSPS) is 12.7. The number of ether oxygens (including phenoxy) is 1. The van der Waals surface area contributed by atoms with Crippen LogP contribution in [0.15, 0.2) is 30.3 Å². The van der Waals surface area contributed by atoms with Crippen LogP contribution < -0.4 is 14.0 Å². The summed E-state index contributed by atoms with van der Waals surface area (Å²) in [5.41, 5.74) is -2.26. The first kappa shape index (κ1) is 52.8. The number of hydrogen-bond acceptors (Lipinski definition) is 4. The molecule has 3 aromatic rings. The lowest BCUT2D eigenvalue weighted by atomic mass is 9.89. The van der Waals surface area contributed by atoms with E-state index in [-0.39, 0.29) is 17.5 Å². The number of quaternary nitrogens is 1. The van der Waals surface area contributed by atoms with Crippen LogP contribution in [0.5, 0.6) is 17.2 Å². The van der Waals surface area contributed by atoms with Crippen molar-refractivity contribution < 1.29 is 62.7 Å². The summed E-state index contributed by atoms with van der Waals surface area (Å²) < 4.78 is 158. The molecule has 0 aliphatic rings. The van der Waals surface area contributed by atoms with E-state index < -0.39 is 88.2 Å². The molecule has 0 saturated carbocycles. The molecule has 0 amide bonds. The highest BCUT2D eigenvalue weighted by Gasteiger charge is 2.56. The molecule has 0 fully saturated rings. The maximum absolute atomic E-state index is 17.1. The minimum Gasteiger partial charge on any atom is -0.489 e. The molecule has 0 aliphatic carbocycles. The van der Waals surface area contributed by atoms with Crippen molar-refractivity contribution in [1.29, 1.82) is 0 Å². The van der Waals surface area contributed by atoms with Gasteiger partial charge in [-0.2, -0.15) is 0 Å². The minimum atomic E-state index is -2.40. The fourth-order valence-corrected chi connectivity index (χ4v) is 8.39. The van der Waals surface area contributed by atoms with Gasteiger partial charge < -0.3 is 18.7 Å². The van der Waals surface area contributed by atoms with Crippen LogP contribution in [0.25, 0.3) is 0 Å². The van der Waals surface area contributed by atoms with Gasteiger partial charge in [-0.3, -0.25) is 4.48 Å². The smallest absolute Gasteiger partial charge is 0.489 e. The average Bonchev–Trinajstić information content (AvgIpc) is 3.24. The minimum absolute atomic E-state index is 0.00785. The van der Waals surface area contributed by atoms with E-state index in [1.165, 1.54) is 0 Å². The Bertz CT molecular complexity index is 1660. The second-order valence-electron chi connectivity index (χ2n) is 16.1. The molecule has 62 heavy (non-hydrogen) atoms. The van der Waals surface area contributed by atoms with Crippen LogP contribution in [-0.4, -0.2) is 38.0 Å². The topological polar surface area (TPSA) is 36.9 Å². The van der Waals surface area contributed by atoms with E-state index in [1.54, 1.807) is 13.8 Å². The van der Waals surface area contributed by atoms with E-state index in [0.717, 1.165) is 96.3 Å². The maximum atomic E-state index is 17.1. The van der Waals surface area contributed by atoms with Crippen LogP contribution in [0.4, 0.5) is 39.5 Å². The summed E-state index contributed by atoms with van der Waals surface area (Å²) in [6.45, 7) is 11.3. The van der Waals surface area contributed by atoms with Crippen molar-refractivity contribution >= 4 is 7.32 Å². The average molecular weight is 891 g/mol. The fraction of sp³-hybridized carbons (Fsp3) is 0.617. The van der Waals surface area contributed by atoms with E-state index in [4.69, 9.17) is 18.7 Å². The fourth-order valence-electron chi connectivity index (χ4n) is 8.39. The second kappa shape index (κ2) is 26.9. The SMILES string of the molecule is CCCCCCCC[N+](CCCCCCCC)(CCCCCCCC)C(CC)(OCC)c1c(OB(Oc2cc(F)c(F)c(F)c2)Oc2cc(F)c(F)c(F)c2)cc(F)c(F)c1F. The van der Waals surface area contributed by atoms with Crippen molar-refractivity contribution in [3.05, 3.63) is 88.3 Å². The number of nitrogens with zero attached hydrogens (tertiary/aromatic N) is 1. The molecule has 0 radical (unpaired) electrons. The van der Waals surface area contributed by atoms with Gasteiger partial charge in [-0.1, -0.05) is 105 Å². The Hall–Kier alpha value is -3.59. The monoisotopic (exact) mass is 890 g/mol. The zero-order valence-corrected chi connectivity index (χ0v) is 37.2. The van der Waals surface area contributed by atoms with Gasteiger partial charge in [0.05, 0.1) is 26.2 Å². The molecule has 0 aliphatic heterocycles. The Labute approximate surface area is 363 Å². The molecule has 0 aromatic heterocycles. The van der Waals surface area contributed by atoms with E-state index in [0.29, 0.717) is 69.2 Å². The van der Waals surface area contributed by atoms with Crippen molar-refractivity contribution in [1.82, 2.24) is 0 Å². The van der Waals surface area contributed by atoms with Gasteiger partial charge in [0.25, 0.3) is 0 Å². The number of benzene rings is 3. The molecule has 15 heteroatoms. The molecule has 0 spiro atoms. The molecule has 0 heterocycles. The molecule has 3 aromatic carbocycles. The van der Waals surface area contributed by atoms with Gasteiger partial charge in [-0.05, 0) is 45.4 Å². The maximum Gasteiger partial charge on any atom is 0.864 e. The Balaban J connectivity index is 2.32. The molecule has 5 nitrogen and oxygen atoms in total. The zero-order chi connectivity index (χ0) is 45.7. The van der Waals surface area contributed by atoms with Crippen LogP contribution >= 0.6 is 0 Å². The molecule has 348 valence electrons. The van der Waals surface area contributed by atoms with E-state index >= 15 is 13.2 Å². The summed E-state index contributed by atoms with van der Waals surface area (Å²) in [5, 5.41) is 0. The van der Waals surface area contributed by atoms with Gasteiger partial charge in [0.1, 0.15) is 22.8 Å². The summed E-state index contributed by atoms with van der Waals surface area (Å²) in [6, 6.07) is 2.21. The van der Waals surface area contributed by atoms with Crippen molar-refractivity contribution in [2.45, 2.75) is 162 Å². The molecule has 0 saturated heterocycles. The number of rotatable bonds is 32. The molecule has 3 rings (SSSR count). The van der Waals surface area contributed by atoms with Gasteiger partial charge >= 0.3 is 7.32 Å². The third kappa shape index (κ3) is 14.5. The Morgan fingerprint density at radius 3 is 1.15 bits per heavy atom. The molecular formula is C47H66BF9NO4+. The van der Waals surface area contributed by atoms with Crippen LogP contribution in [0.3, 0.4) is 0 Å². The molecular weight excluding hydrogens is 824 g/mol. The summed E-state index contributed by atoms with van der Waals surface area (Å²) in [5.74, 6) is -17.8. The predicted molar refractivity (Wildman–Crippen MR) is 225 cm³/mol. The van der Waals surface area contributed by atoms with Gasteiger partial charge in [0.15, 0.2) is 52.4 Å². The standard InChI is InChI=1S/C47H66BF9NO4/c1-6-11-14-17-20-23-26-58(27-24-21-18-15-12-7-2,28-25-22-19-16-13-8-3)47(9-4,59-10-5)42-41(33-40(53)45(56)46(42)57)62-48(60-34-29-36(49)43(54)37(50)30-34)61-35-31-38(51)44(55)39(52)32-35/h29-33H,6-28H2,1-5H3/q+1. The zero-order valence-electron chi connectivity index (χ0n) is 37.2. The number of hydrogen-bond donors (Lipinski definition) is 0. The van der Waals surface area contributed by atoms with Crippen LogP contribution in [0, 0.1) is 52.4 Å².